The average Bonchev–Trinajstić information content (AvgIpc) is 2.97. The molecule has 0 unspecified atom stereocenters. The Morgan fingerprint density at radius 1 is 1.22 bits per heavy atom. The molecule has 0 aliphatic carbocycles. The first-order chi connectivity index (χ1) is 13.0. The van der Waals surface area contributed by atoms with Gasteiger partial charge in [-0.25, -0.2) is 4.98 Å². The van der Waals surface area contributed by atoms with Crippen molar-refractivity contribution in [3.63, 3.8) is 0 Å². The highest BCUT2D eigenvalue weighted by Crippen LogP contribution is 2.39. The average molecular weight is 361 g/mol. The number of amides is 1. The van der Waals surface area contributed by atoms with Crippen molar-refractivity contribution in [2.45, 2.75) is 26.8 Å². The van der Waals surface area contributed by atoms with Gasteiger partial charge in [0, 0.05) is 23.1 Å². The highest BCUT2D eigenvalue weighted by atomic mass is 16.5. The fraction of sp³-hybridized carbons (Fsp3) is 0.273. The number of para-hydroxylation sites is 1. The highest BCUT2D eigenvalue weighted by molar-refractivity contribution is 6.11. The van der Waals surface area contributed by atoms with Crippen LogP contribution >= 0.6 is 0 Å². The molecule has 5 heteroatoms. The van der Waals surface area contributed by atoms with Gasteiger partial charge in [-0.15, -0.1) is 0 Å². The van der Waals surface area contributed by atoms with Crippen LogP contribution in [-0.4, -0.2) is 29.4 Å². The molecule has 1 aliphatic heterocycles. The molecule has 1 amide bonds. The van der Waals surface area contributed by atoms with Gasteiger partial charge in [0.1, 0.15) is 5.75 Å². The maximum absolute atomic E-state index is 12.7. The smallest absolute Gasteiger partial charge is 0.258 e. The summed E-state index contributed by atoms with van der Waals surface area (Å²) in [6.45, 7) is 5.34. The summed E-state index contributed by atoms with van der Waals surface area (Å²) >= 11 is 0. The van der Waals surface area contributed by atoms with E-state index in [1.165, 1.54) is 0 Å². The Kier molecular flexibility index (Phi) is 4.22. The van der Waals surface area contributed by atoms with Crippen LogP contribution in [0.25, 0.3) is 22.0 Å². The predicted molar refractivity (Wildman–Crippen MR) is 108 cm³/mol. The number of pyridine rings is 1. The quantitative estimate of drug-likeness (QED) is 0.757. The number of carbonyl (C=O) groups is 1. The van der Waals surface area contributed by atoms with Gasteiger partial charge < -0.3 is 15.4 Å². The van der Waals surface area contributed by atoms with E-state index in [1.54, 1.807) is 7.11 Å². The third-order valence-corrected chi connectivity index (χ3v) is 5.11. The third-order valence-electron chi connectivity index (χ3n) is 5.11. The molecule has 0 saturated heterocycles. The molecule has 2 aromatic carbocycles. The van der Waals surface area contributed by atoms with E-state index in [9.17, 15) is 4.79 Å². The maximum Gasteiger partial charge on any atom is 0.258 e. The fourth-order valence-electron chi connectivity index (χ4n) is 3.83. The van der Waals surface area contributed by atoms with E-state index >= 15 is 0 Å². The lowest BCUT2D eigenvalue weighted by atomic mass is 9.97. The summed E-state index contributed by atoms with van der Waals surface area (Å²) in [4.78, 5) is 19.4. The Balaban J connectivity index is 1.97. The van der Waals surface area contributed by atoms with Crippen molar-refractivity contribution >= 4 is 22.5 Å². The van der Waals surface area contributed by atoms with Crippen molar-refractivity contribution in [2.24, 2.45) is 0 Å². The molecule has 0 fully saturated rings. The van der Waals surface area contributed by atoms with Crippen LogP contribution in [0.1, 0.15) is 35.0 Å². The number of hydrogen-bond acceptors (Lipinski definition) is 4. The molecule has 2 N–H and O–H groups in total. The van der Waals surface area contributed by atoms with Gasteiger partial charge in [-0.3, -0.25) is 4.79 Å². The Morgan fingerprint density at radius 2 is 2.04 bits per heavy atom. The number of methoxy groups -OCH3 is 1. The lowest BCUT2D eigenvalue weighted by Gasteiger charge is -2.14. The molecule has 0 saturated carbocycles. The van der Waals surface area contributed by atoms with Crippen LogP contribution in [0, 0.1) is 6.92 Å². The number of aromatic nitrogens is 1. The molecule has 0 radical (unpaired) electrons. The number of nitrogen functional groups attached to an aromatic ring is 1. The molecule has 3 aromatic rings. The minimum Gasteiger partial charge on any atom is -0.496 e. The minimum atomic E-state index is -0.0164. The molecule has 0 spiro atoms. The number of hydrogen-bond donors (Lipinski definition) is 1. The lowest BCUT2D eigenvalue weighted by molar-refractivity contribution is 0.0779. The van der Waals surface area contributed by atoms with Crippen molar-refractivity contribution < 1.29 is 9.53 Å². The largest absolute Gasteiger partial charge is 0.496 e. The van der Waals surface area contributed by atoms with Crippen molar-refractivity contribution in [3.05, 3.63) is 53.2 Å². The number of aryl methyl sites for hydroxylation is 1. The first-order valence-corrected chi connectivity index (χ1v) is 9.20. The maximum atomic E-state index is 12.7. The van der Waals surface area contributed by atoms with Gasteiger partial charge >= 0.3 is 0 Å². The lowest BCUT2D eigenvalue weighted by Crippen LogP contribution is -2.24. The number of benzene rings is 2. The zero-order valence-corrected chi connectivity index (χ0v) is 15.9. The Bertz CT molecular complexity index is 1060. The van der Waals surface area contributed by atoms with E-state index in [0.29, 0.717) is 24.3 Å². The van der Waals surface area contributed by atoms with Crippen molar-refractivity contribution in [3.8, 4) is 16.9 Å². The summed E-state index contributed by atoms with van der Waals surface area (Å²) in [5, 5.41) is 0.807. The number of nitrogens with two attached hydrogens (primary N) is 1. The zero-order valence-electron chi connectivity index (χ0n) is 15.9. The molecule has 27 heavy (non-hydrogen) atoms. The van der Waals surface area contributed by atoms with Crippen LogP contribution < -0.4 is 10.5 Å². The van der Waals surface area contributed by atoms with Crippen LogP contribution in [0.3, 0.4) is 0 Å². The second-order valence-electron chi connectivity index (χ2n) is 6.98. The van der Waals surface area contributed by atoms with Gasteiger partial charge in [0.2, 0.25) is 0 Å². The molecule has 4 rings (SSSR count). The number of nitrogens with zero attached hydrogens (tertiary/aromatic N) is 2. The Morgan fingerprint density at radius 3 is 2.78 bits per heavy atom. The predicted octanol–water partition coefficient (Wildman–Crippen LogP) is 4.17. The van der Waals surface area contributed by atoms with Gasteiger partial charge in [-0.05, 0) is 25.5 Å². The molecule has 0 bridgehead atoms. The molecular weight excluding hydrogens is 338 g/mol. The third kappa shape index (κ3) is 2.70. The standard InChI is InChI=1S/C22H23N3O2/c1-4-10-25-12-17-19(22(25)26)20(23)15-7-5-6-14(21(15)24-17)16-11-13(2)8-9-18(16)27-3/h5-9,11H,4,10,12H2,1-3H3,(H2,23,24). The first kappa shape index (κ1) is 17.3. The summed E-state index contributed by atoms with van der Waals surface area (Å²) in [5.41, 5.74) is 12.2. The van der Waals surface area contributed by atoms with Crippen LogP contribution in [0.4, 0.5) is 5.69 Å². The van der Waals surface area contributed by atoms with Gasteiger partial charge in [0.15, 0.2) is 0 Å². The number of carbonyl (C=O) groups excluding carboxylic acids is 1. The van der Waals surface area contributed by atoms with Crippen LogP contribution in [0.15, 0.2) is 36.4 Å². The molecule has 5 nitrogen and oxygen atoms in total. The zero-order chi connectivity index (χ0) is 19.1. The second kappa shape index (κ2) is 6.58. The summed E-state index contributed by atoms with van der Waals surface area (Å²) in [6, 6.07) is 12.0. The van der Waals surface area contributed by atoms with Crippen molar-refractivity contribution in [1.29, 1.82) is 0 Å². The molecule has 1 aromatic heterocycles. The van der Waals surface area contributed by atoms with Crippen molar-refractivity contribution in [2.75, 3.05) is 19.4 Å². The molecule has 1 aliphatic rings. The van der Waals surface area contributed by atoms with Gasteiger partial charge in [-0.1, -0.05) is 36.8 Å². The van der Waals surface area contributed by atoms with E-state index < -0.39 is 0 Å². The van der Waals surface area contributed by atoms with Crippen molar-refractivity contribution in [1.82, 2.24) is 9.88 Å². The number of anilines is 1. The number of rotatable bonds is 4. The molecular formula is C22H23N3O2. The summed E-state index contributed by atoms with van der Waals surface area (Å²) < 4.78 is 5.57. The van der Waals surface area contributed by atoms with Gasteiger partial charge in [0.05, 0.1) is 36.1 Å². The topological polar surface area (TPSA) is 68.5 Å². The van der Waals surface area contributed by atoms with Crippen LogP contribution in [0.5, 0.6) is 5.75 Å². The van der Waals surface area contributed by atoms with Gasteiger partial charge in [-0.2, -0.15) is 0 Å². The molecule has 138 valence electrons. The summed E-state index contributed by atoms with van der Waals surface area (Å²) in [6.07, 6.45) is 0.908. The highest BCUT2D eigenvalue weighted by Gasteiger charge is 2.32. The van der Waals surface area contributed by atoms with Crippen LogP contribution in [-0.2, 0) is 6.54 Å². The second-order valence-corrected chi connectivity index (χ2v) is 6.98. The van der Waals surface area contributed by atoms with E-state index in [2.05, 4.69) is 19.9 Å². The summed E-state index contributed by atoms with van der Waals surface area (Å²) in [5.74, 6) is 0.773. The normalized spacial score (nSPS) is 13.3. The Hall–Kier alpha value is -3.08. The Labute approximate surface area is 158 Å². The first-order valence-electron chi connectivity index (χ1n) is 9.20. The summed E-state index contributed by atoms with van der Waals surface area (Å²) in [7, 11) is 1.67. The number of fused-ring (bicyclic) bond motifs is 2. The molecule has 2 heterocycles. The monoisotopic (exact) mass is 361 g/mol. The van der Waals surface area contributed by atoms with Crippen LogP contribution in [0.2, 0.25) is 0 Å². The van der Waals surface area contributed by atoms with E-state index in [4.69, 9.17) is 15.5 Å². The van der Waals surface area contributed by atoms with Gasteiger partial charge in [0.25, 0.3) is 5.91 Å². The molecule has 0 atom stereocenters. The SMILES string of the molecule is CCCN1Cc2nc3c(-c4cc(C)ccc4OC)cccc3c(N)c2C1=O. The van der Waals surface area contributed by atoms with E-state index in [-0.39, 0.29) is 5.91 Å². The fourth-order valence-corrected chi connectivity index (χ4v) is 3.83. The van der Waals surface area contributed by atoms with E-state index in [0.717, 1.165) is 45.5 Å². The number of ether oxygens (including phenoxy) is 1. The minimum absolute atomic E-state index is 0.0164. The van der Waals surface area contributed by atoms with E-state index in [1.807, 2.05) is 35.2 Å².